The summed E-state index contributed by atoms with van der Waals surface area (Å²) in [4.78, 5) is 5.98. The van der Waals surface area contributed by atoms with E-state index in [4.69, 9.17) is 0 Å². The Morgan fingerprint density at radius 3 is 2.93 bits per heavy atom. The van der Waals surface area contributed by atoms with Crippen LogP contribution in [0.3, 0.4) is 0 Å². The van der Waals surface area contributed by atoms with Gasteiger partial charge in [0.25, 0.3) is 0 Å². The Balaban J connectivity index is 2.09. The van der Waals surface area contributed by atoms with Crippen LogP contribution in [0.15, 0.2) is 5.51 Å². The molecule has 78 valence electrons. The molecule has 1 saturated carbocycles. The molecule has 2 nitrogen and oxygen atoms in total. The Hall–Kier alpha value is -0.410. The van der Waals surface area contributed by atoms with Gasteiger partial charge in [0.2, 0.25) is 0 Å². The molecule has 0 radical (unpaired) electrons. The van der Waals surface area contributed by atoms with Crippen LogP contribution >= 0.6 is 11.3 Å². The van der Waals surface area contributed by atoms with Crippen LogP contribution in [0.2, 0.25) is 0 Å². The molecule has 0 bridgehead atoms. The van der Waals surface area contributed by atoms with Gasteiger partial charge in [0.15, 0.2) is 0 Å². The highest BCUT2D eigenvalue weighted by Gasteiger charge is 2.19. The van der Waals surface area contributed by atoms with Gasteiger partial charge in [-0.1, -0.05) is 19.3 Å². The number of nitrogens with one attached hydrogen (secondary N) is 1. The fraction of sp³-hybridized carbons (Fsp3) is 0.727. The number of hydrogen-bond acceptors (Lipinski definition) is 3. The van der Waals surface area contributed by atoms with Crippen molar-refractivity contribution in [2.45, 2.75) is 44.6 Å². The first-order chi connectivity index (χ1) is 6.92. The first-order valence-corrected chi connectivity index (χ1v) is 6.36. The molecule has 1 fully saturated rings. The van der Waals surface area contributed by atoms with E-state index < -0.39 is 0 Å². The lowest BCUT2D eigenvalue weighted by Crippen LogP contribution is -2.10. The highest BCUT2D eigenvalue weighted by molar-refractivity contribution is 7.09. The quantitative estimate of drug-likeness (QED) is 0.829. The zero-order valence-electron chi connectivity index (χ0n) is 8.75. The van der Waals surface area contributed by atoms with Crippen LogP contribution in [0.1, 0.15) is 48.6 Å². The number of rotatable bonds is 3. The monoisotopic (exact) mass is 210 g/mol. The molecule has 0 amide bonds. The Labute approximate surface area is 89.8 Å². The maximum Gasteiger partial charge on any atom is 0.0798 e. The molecule has 1 N–H and O–H groups in total. The van der Waals surface area contributed by atoms with Crippen molar-refractivity contribution in [3.05, 3.63) is 16.1 Å². The molecule has 0 saturated heterocycles. The molecule has 1 aromatic heterocycles. The van der Waals surface area contributed by atoms with Crippen molar-refractivity contribution >= 4 is 11.3 Å². The fourth-order valence-corrected chi connectivity index (χ4v) is 3.26. The second-order valence-electron chi connectivity index (χ2n) is 4.03. The van der Waals surface area contributed by atoms with E-state index in [0.717, 1.165) is 12.5 Å². The number of nitrogens with zero attached hydrogens (tertiary/aromatic N) is 1. The second kappa shape index (κ2) is 4.89. The van der Waals surface area contributed by atoms with E-state index in [-0.39, 0.29) is 0 Å². The molecular formula is C11H18N2S. The van der Waals surface area contributed by atoms with Crippen molar-refractivity contribution in [2.75, 3.05) is 7.05 Å². The van der Waals surface area contributed by atoms with Gasteiger partial charge in [-0.05, 0) is 25.8 Å². The highest BCUT2D eigenvalue weighted by Crippen LogP contribution is 2.36. The van der Waals surface area contributed by atoms with Crippen LogP contribution in [0.25, 0.3) is 0 Å². The van der Waals surface area contributed by atoms with E-state index in [2.05, 4.69) is 10.3 Å². The molecule has 0 aromatic carbocycles. The average Bonchev–Trinajstić information content (AvgIpc) is 2.68. The van der Waals surface area contributed by atoms with E-state index >= 15 is 0 Å². The standard InChI is InChI=1S/C11H18N2S/c1-12-7-10-11(14-8-13-10)9-5-3-2-4-6-9/h8-9,12H,2-7H2,1H3. The molecular weight excluding hydrogens is 192 g/mol. The molecule has 3 heteroatoms. The van der Waals surface area contributed by atoms with E-state index in [1.54, 1.807) is 4.88 Å². The maximum atomic E-state index is 4.44. The van der Waals surface area contributed by atoms with Gasteiger partial charge in [-0.25, -0.2) is 4.98 Å². The summed E-state index contributed by atoms with van der Waals surface area (Å²) in [5.74, 6) is 0.805. The summed E-state index contributed by atoms with van der Waals surface area (Å²) in [7, 11) is 1.99. The summed E-state index contributed by atoms with van der Waals surface area (Å²) in [5.41, 5.74) is 3.28. The SMILES string of the molecule is CNCc1ncsc1C1CCCCC1. The Morgan fingerprint density at radius 2 is 2.21 bits per heavy atom. The molecule has 1 heterocycles. The number of aromatic nitrogens is 1. The van der Waals surface area contributed by atoms with Gasteiger partial charge >= 0.3 is 0 Å². The van der Waals surface area contributed by atoms with Crippen LogP contribution in [-0.2, 0) is 6.54 Å². The van der Waals surface area contributed by atoms with Crippen molar-refractivity contribution < 1.29 is 0 Å². The molecule has 1 aliphatic carbocycles. The Kier molecular flexibility index (Phi) is 3.54. The largest absolute Gasteiger partial charge is 0.314 e. The maximum absolute atomic E-state index is 4.44. The van der Waals surface area contributed by atoms with Crippen LogP contribution in [0, 0.1) is 0 Å². The zero-order valence-corrected chi connectivity index (χ0v) is 9.57. The van der Waals surface area contributed by atoms with Gasteiger partial charge in [-0.15, -0.1) is 11.3 Å². The number of hydrogen-bond donors (Lipinski definition) is 1. The van der Waals surface area contributed by atoms with Gasteiger partial charge in [-0.2, -0.15) is 0 Å². The predicted molar refractivity (Wildman–Crippen MR) is 60.7 cm³/mol. The van der Waals surface area contributed by atoms with E-state index in [9.17, 15) is 0 Å². The topological polar surface area (TPSA) is 24.9 Å². The molecule has 0 unspecified atom stereocenters. The predicted octanol–water partition coefficient (Wildman–Crippen LogP) is 2.91. The normalized spacial score (nSPS) is 18.6. The summed E-state index contributed by atoms with van der Waals surface area (Å²) in [6.07, 6.45) is 6.98. The third kappa shape index (κ3) is 2.15. The molecule has 2 rings (SSSR count). The van der Waals surface area contributed by atoms with Crippen molar-refractivity contribution in [1.29, 1.82) is 0 Å². The van der Waals surface area contributed by atoms with E-state index in [0.29, 0.717) is 0 Å². The molecule has 14 heavy (non-hydrogen) atoms. The minimum atomic E-state index is 0.805. The highest BCUT2D eigenvalue weighted by atomic mass is 32.1. The lowest BCUT2D eigenvalue weighted by atomic mass is 9.87. The molecule has 0 spiro atoms. The van der Waals surface area contributed by atoms with Crippen molar-refractivity contribution in [3.63, 3.8) is 0 Å². The minimum Gasteiger partial charge on any atom is -0.314 e. The first kappa shape index (κ1) is 10.1. The Morgan fingerprint density at radius 1 is 1.43 bits per heavy atom. The summed E-state index contributed by atoms with van der Waals surface area (Å²) >= 11 is 1.84. The third-order valence-corrected chi connectivity index (χ3v) is 4.03. The molecule has 1 aromatic rings. The third-order valence-electron chi connectivity index (χ3n) is 2.99. The first-order valence-electron chi connectivity index (χ1n) is 5.48. The van der Waals surface area contributed by atoms with Gasteiger partial charge in [0.1, 0.15) is 0 Å². The van der Waals surface area contributed by atoms with Crippen LogP contribution in [0.5, 0.6) is 0 Å². The lowest BCUT2D eigenvalue weighted by molar-refractivity contribution is 0.445. The average molecular weight is 210 g/mol. The lowest BCUT2D eigenvalue weighted by Gasteiger charge is -2.21. The summed E-state index contributed by atoms with van der Waals surface area (Å²) in [5, 5.41) is 3.19. The van der Waals surface area contributed by atoms with Gasteiger partial charge in [-0.3, -0.25) is 0 Å². The van der Waals surface area contributed by atoms with Gasteiger partial charge in [0, 0.05) is 11.4 Å². The van der Waals surface area contributed by atoms with Crippen molar-refractivity contribution in [1.82, 2.24) is 10.3 Å². The zero-order chi connectivity index (χ0) is 9.80. The van der Waals surface area contributed by atoms with Crippen LogP contribution in [-0.4, -0.2) is 12.0 Å². The summed E-state index contributed by atoms with van der Waals surface area (Å²) in [6, 6.07) is 0. The smallest absolute Gasteiger partial charge is 0.0798 e. The molecule has 0 aliphatic heterocycles. The van der Waals surface area contributed by atoms with Crippen molar-refractivity contribution in [3.8, 4) is 0 Å². The Bertz CT molecular complexity index is 277. The molecule has 0 atom stereocenters. The number of thiazole rings is 1. The fourth-order valence-electron chi connectivity index (χ4n) is 2.28. The van der Waals surface area contributed by atoms with Crippen LogP contribution < -0.4 is 5.32 Å². The van der Waals surface area contributed by atoms with E-state index in [1.807, 2.05) is 23.9 Å². The second-order valence-corrected chi connectivity index (χ2v) is 4.91. The summed E-state index contributed by atoms with van der Waals surface area (Å²) < 4.78 is 0. The minimum absolute atomic E-state index is 0.805. The van der Waals surface area contributed by atoms with E-state index in [1.165, 1.54) is 37.8 Å². The molecule has 1 aliphatic rings. The van der Waals surface area contributed by atoms with Gasteiger partial charge < -0.3 is 5.32 Å². The van der Waals surface area contributed by atoms with Gasteiger partial charge in [0.05, 0.1) is 11.2 Å². The van der Waals surface area contributed by atoms with Crippen LogP contribution in [0.4, 0.5) is 0 Å². The summed E-state index contributed by atoms with van der Waals surface area (Å²) in [6.45, 7) is 0.926. The van der Waals surface area contributed by atoms with Crippen molar-refractivity contribution in [2.24, 2.45) is 0 Å².